The lowest BCUT2D eigenvalue weighted by molar-refractivity contribution is 0.937. The van der Waals surface area contributed by atoms with Crippen LogP contribution in [0.25, 0.3) is 0 Å². The van der Waals surface area contributed by atoms with E-state index in [1.165, 1.54) is 0 Å². The number of thiol groups is 4. The van der Waals surface area contributed by atoms with Gasteiger partial charge in [-0.15, -0.1) is 0 Å². The zero-order valence-electron chi connectivity index (χ0n) is 8.00. The minimum atomic E-state index is 0.480. The summed E-state index contributed by atoms with van der Waals surface area (Å²) in [6.07, 6.45) is 2.17. The fraction of sp³-hybridized carbons (Fsp3) is 1.00. The fourth-order valence-corrected chi connectivity index (χ4v) is 5.46. The SMILES string of the molecule is SCCC(S)CSSCC(S)CCS. The Labute approximate surface area is 118 Å². The van der Waals surface area contributed by atoms with Crippen molar-refractivity contribution in [1.29, 1.82) is 0 Å². The third-order valence-electron chi connectivity index (χ3n) is 1.53. The van der Waals surface area contributed by atoms with E-state index in [1.807, 2.05) is 21.6 Å². The van der Waals surface area contributed by atoms with E-state index in [2.05, 4.69) is 50.5 Å². The van der Waals surface area contributed by atoms with Gasteiger partial charge in [0.2, 0.25) is 0 Å². The first kappa shape index (κ1) is 16.1. The second-order valence-electron chi connectivity index (χ2n) is 2.90. The molecule has 0 N–H and O–H groups in total. The van der Waals surface area contributed by atoms with Crippen LogP contribution in [0.1, 0.15) is 12.8 Å². The summed E-state index contributed by atoms with van der Waals surface area (Å²) in [6, 6.07) is 0. The maximum atomic E-state index is 4.46. The van der Waals surface area contributed by atoms with Crippen LogP contribution < -0.4 is 0 Å². The lowest BCUT2D eigenvalue weighted by atomic mass is 10.4. The first-order chi connectivity index (χ1) is 6.70. The average Bonchev–Trinajstić information content (AvgIpc) is 2.13. The first-order valence-electron chi connectivity index (χ1n) is 4.53. The zero-order chi connectivity index (χ0) is 10.8. The molecule has 0 heterocycles. The Balaban J connectivity index is 3.19. The van der Waals surface area contributed by atoms with Crippen molar-refractivity contribution in [2.75, 3.05) is 23.0 Å². The van der Waals surface area contributed by atoms with Crippen LogP contribution in [-0.2, 0) is 0 Å². The maximum Gasteiger partial charge on any atom is 0.0154 e. The molecule has 0 aliphatic heterocycles. The highest BCUT2D eigenvalue weighted by molar-refractivity contribution is 8.76. The Morgan fingerprint density at radius 3 is 1.43 bits per heavy atom. The number of hydrogen-bond acceptors (Lipinski definition) is 6. The van der Waals surface area contributed by atoms with Gasteiger partial charge in [0, 0.05) is 22.0 Å². The molecule has 2 atom stereocenters. The lowest BCUT2D eigenvalue weighted by Gasteiger charge is -2.10. The molecule has 0 bridgehead atoms. The Morgan fingerprint density at radius 2 is 1.14 bits per heavy atom. The molecule has 2 unspecified atom stereocenters. The summed E-state index contributed by atoms with van der Waals surface area (Å²) in [5.74, 6) is 4.04. The van der Waals surface area contributed by atoms with Gasteiger partial charge in [-0.1, -0.05) is 21.6 Å². The molecule has 0 fully saturated rings. The van der Waals surface area contributed by atoms with Crippen LogP contribution in [0, 0.1) is 0 Å². The number of hydrogen-bond donors (Lipinski definition) is 4. The summed E-state index contributed by atoms with van der Waals surface area (Å²) in [4.78, 5) is 0. The van der Waals surface area contributed by atoms with Crippen molar-refractivity contribution in [2.45, 2.75) is 23.3 Å². The molecule has 0 amide bonds. The minimum Gasteiger partial charge on any atom is -0.179 e. The highest BCUT2D eigenvalue weighted by Crippen LogP contribution is 2.27. The summed E-state index contributed by atoms with van der Waals surface area (Å²) in [5.41, 5.74) is 0. The molecular formula is C8H18S6. The van der Waals surface area contributed by atoms with Crippen LogP contribution in [0.4, 0.5) is 0 Å². The largest absolute Gasteiger partial charge is 0.179 e. The molecule has 0 saturated carbocycles. The molecular weight excluding hydrogens is 288 g/mol. The first-order valence-corrected chi connectivity index (χ1v) is 9.31. The van der Waals surface area contributed by atoms with Gasteiger partial charge in [0.05, 0.1) is 0 Å². The van der Waals surface area contributed by atoms with E-state index in [4.69, 9.17) is 0 Å². The van der Waals surface area contributed by atoms with E-state index in [0.29, 0.717) is 10.5 Å². The summed E-state index contributed by atoms with van der Waals surface area (Å²) in [5, 5.41) is 0.960. The van der Waals surface area contributed by atoms with Crippen molar-refractivity contribution in [3.8, 4) is 0 Å². The van der Waals surface area contributed by atoms with Gasteiger partial charge in [0.1, 0.15) is 0 Å². The standard InChI is InChI=1S/C8H18S6/c9-3-1-7(11)5-13-14-6-8(12)2-4-10/h7-12H,1-6H2. The molecule has 0 saturated heterocycles. The Kier molecular flexibility index (Phi) is 13.3. The molecule has 0 aromatic rings. The van der Waals surface area contributed by atoms with E-state index in [0.717, 1.165) is 35.9 Å². The quantitative estimate of drug-likeness (QED) is 0.292. The van der Waals surface area contributed by atoms with Gasteiger partial charge in [-0.05, 0) is 24.3 Å². The molecule has 0 aromatic carbocycles. The van der Waals surface area contributed by atoms with Crippen molar-refractivity contribution in [3.63, 3.8) is 0 Å². The van der Waals surface area contributed by atoms with E-state index >= 15 is 0 Å². The Hall–Kier alpha value is 2.10. The molecule has 0 nitrogen and oxygen atoms in total. The molecule has 14 heavy (non-hydrogen) atoms. The number of rotatable bonds is 9. The van der Waals surface area contributed by atoms with Gasteiger partial charge in [0.25, 0.3) is 0 Å². The van der Waals surface area contributed by atoms with E-state index in [-0.39, 0.29) is 0 Å². The van der Waals surface area contributed by atoms with E-state index < -0.39 is 0 Å². The van der Waals surface area contributed by atoms with Crippen LogP contribution in [0.3, 0.4) is 0 Å². The summed E-state index contributed by atoms with van der Waals surface area (Å²) >= 11 is 17.3. The Bertz CT molecular complexity index is 106. The monoisotopic (exact) mass is 306 g/mol. The maximum absolute atomic E-state index is 4.46. The van der Waals surface area contributed by atoms with Crippen molar-refractivity contribution in [3.05, 3.63) is 0 Å². The van der Waals surface area contributed by atoms with Gasteiger partial charge in [-0.2, -0.15) is 50.5 Å². The van der Waals surface area contributed by atoms with Gasteiger partial charge < -0.3 is 0 Å². The van der Waals surface area contributed by atoms with Gasteiger partial charge in [0.15, 0.2) is 0 Å². The average molecular weight is 307 g/mol. The van der Waals surface area contributed by atoms with Crippen molar-refractivity contribution in [2.24, 2.45) is 0 Å². The van der Waals surface area contributed by atoms with Crippen LogP contribution in [-0.4, -0.2) is 33.5 Å². The molecule has 0 aliphatic rings. The predicted octanol–water partition coefficient (Wildman–Crippen LogP) is 3.60. The molecule has 0 radical (unpaired) electrons. The van der Waals surface area contributed by atoms with Gasteiger partial charge in [-0.3, -0.25) is 0 Å². The second-order valence-corrected chi connectivity index (χ2v) is 7.81. The summed E-state index contributed by atoms with van der Waals surface area (Å²) in [6.45, 7) is 0. The van der Waals surface area contributed by atoms with Crippen molar-refractivity contribution < 1.29 is 0 Å². The Morgan fingerprint density at radius 1 is 0.786 bits per heavy atom. The molecule has 0 spiro atoms. The highest BCUT2D eigenvalue weighted by Gasteiger charge is 2.05. The smallest absolute Gasteiger partial charge is 0.0154 e. The third-order valence-corrected chi connectivity index (χ3v) is 5.98. The fourth-order valence-electron chi connectivity index (χ4n) is 0.718. The minimum absolute atomic E-state index is 0.480. The van der Waals surface area contributed by atoms with Crippen LogP contribution in [0.5, 0.6) is 0 Å². The predicted molar refractivity (Wildman–Crippen MR) is 87.4 cm³/mol. The van der Waals surface area contributed by atoms with Gasteiger partial charge in [-0.25, -0.2) is 0 Å². The van der Waals surface area contributed by atoms with Crippen LogP contribution in [0.2, 0.25) is 0 Å². The second kappa shape index (κ2) is 11.6. The lowest BCUT2D eigenvalue weighted by Crippen LogP contribution is -2.04. The van der Waals surface area contributed by atoms with Crippen LogP contribution >= 0.6 is 72.1 Å². The molecule has 0 aliphatic carbocycles. The normalized spacial score (nSPS) is 15.4. The van der Waals surface area contributed by atoms with Crippen molar-refractivity contribution >= 4 is 72.1 Å². The summed E-state index contributed by atoms with van der Waals surface area (Å²) in [7, 11) is 3.78. The molecule has 6 heteroatoms. The van der Waals surface area contributed by atoms with Gasteiger partial charge >= 0.3 is 0 Å². The topological polar surface area (TPSA) is 0 Å². The molecule has 0 aromatic heterocycles. The molecule has 0 rings (SSSR count). The van der Waals surface area contributed by atoms with E-state index in [9.17, 15) is 0 Å². The zero-order valence-corrected chi connectivity index (χ0v) is 13.2. The third kappa shape index (κ3) is 10.6. The van der Waals surface area contributed by atoms with Crippen LogP contribution in [0.15, 0.2) is 0 Å². The summed E-state index contributed by atoms with van der Waals surface area (Å²) < 4.78 is 0. The highest BCUT2D eigenvalue weighted by atomic mass is 33.1. The molecule has 86 valence electrons. The van der Waals surface area contributed by atoms with Crippen molar-refractivity contribution in [1.82, 2.24) is 0 Å². The van der Waals surface area contributed by atoms with E-state index in [1.54, 1.807) is 0 Å².